The summed E-state index contributed by atoms with van der Waals surface area (Å²) in [5, 5.41) is 10.8. The van der Waals surface area contributed by atoms with Crippen LogP contribution in [0.25, 0.3) is 5.69 Å². The van der Waals surface area contributed by atoms with Crippen molar-refractivity contribution in [2.45, 2.75) is 52.4 Å². The second-order valence-corrected chi connectivity index (χ2v) is 12.1. The van der Waals surface area contributed by atoms with Gasteiger partial charge in [-0.05, 0) is 74.1 Å². The van der Waals surface area contributed by atoms with E-state index < -0.39 is 0 Å². The number of likely N-dealkylation sites (tertiary alicyclic amines) is 1. The zero-order valence-corrected chi connectivity index (χ0v) is 24.7. The van der Waals surface area contributed by atoms with E-state index in [2.05, 4.69) is 42.5 Å². The standard InChI is InChI=1S/C33H39N7O2/c1-22-8-11-27(12-9-22)40-30(20-28(38-40)33(2,3)4)37-32(42)36-26-7-5-6-24(19-26)18-23-14-16-39(17-15-23)31(41)25-10-13-29(34)35-21-25/h5-13,19-21,23H,14-18H2,1-4H3,(H2,34,35)(H2,36,37,42). The Kier molecular flexibility index (Phi) is 8.29. The fourth-order valence-corrected chi connectivity index (χ4v) is 5.16. The summed E-state index contributed by atoms with van der Waals surface area (Å²) in [6, 6.07) is 21.0. The van der Waals surface area contributed by atoms with Gasteiger partial charge in [-0.25, -0.2) is 14.5 Å². The maximum absolute atomic E-state index is 13.1. The lowest BCUT2D eigenvalue weighted by Crippen LogP contribution is -2.39. The van der Waals surface area contributed by atoms with Crippen LogP contribution in [0.5, 0.6) is 0 Å². The largest absolute Gasteiger partial charge is 0.384 e. The first-order valence-corrected chi connectivity index (χ1v) is 14.4. The van der Waals surface area contributed by atoms with Crippen LogP contribution in [0.4, 0.5) is 22.1 Å². The molecule has 0 radical (unpaired) electrons. The van der Waals surface area contributed by atoms with E-state index >= 15 is 0 Å². The van der Waals surface area contributed by atoms with Gasteiger partial charge >= 0.3 is 6.03 Å². The summed E-state index contributed by atoms with van der Waals surface area (Å²) in [6.45, 7) is 9.76. The van der Waals surface area contributed by atoms with Crippen molar-refractivity contribution in [3.8, 4) is 5.69 Å². The molecule has 3 heterocycles. The first-order valence-electron chi connectivity index (χ1n) is 14.4. The predicted molar refractivity (Wildman–Crippen MR) is 167 cm³/mol. The van der Waals surface area contributed by atoms with Gasteiger partial charge in [-0.2, -0.15) is 5.10 Å². The third kappa shape index (κ3) is 6.97. The molecule has 1 aliphatic heterocycles. The van der Waals surface area contributed by atoms with Gasteiger partial charge in [-0.1, -0.05) is 50.6 Å². The molecule has 4 aromatic rings. The maximum atomic E-state index is 13.1. The molecule has 42 heavy (non-hydrogen) atoms. The van der Waals surface area contributed by atoms with Crippen molar-refractivity contribution in [3.05, 3.63) is 95.3 Å². The average molecular weight is 566 g/mol. The minimum atomic E-state index is -0.329. The molecule has 2 aromatic carbocycles. The number of amides is 3. The van der Waals surface area contributed by atoms with Crippen LogP contribution in [0.2, 0.25) is 0 Å². The molecule has 2 aromatic heterocycles. The number of nitrogens with one attached hydrogen (secondary N) is 2. The zero-order chi connectivity index (χ0) is 29.9. The van der Waals surface area contributed by atoms with Gasteiger partial charge in [0.1, 0.15) is 11.6 Å². The van der Waals surface area contributed by atoms with Crippen molar-refractivity contribution in [2.24, 2.45) is 5.92 Å². The van der Waals surface area contributed by atoms with Gasteiger partial charge in [-0.15, -0.1) is 0 Å². The van der Waals surface area contributed by atoms with Crippen molar-refractivity contribution < 1.29 is 9.59 Å². The number of carbonyl (C=O) groups is 2. The molecule has 218 valence electrons. The first kappa shape index (κ1) is 28.9. The van der Waals surface area contributed by atoms with Crippen molar-refractivity contribution in [1.82, 2.24) is 19.7 Å². The lowest BCUT2D eigenvalue weighted by molar-refractivity contribution is 0.0690. The molecule has 0 aliphatic carbocycles. The molecular formula is C33H39N7O2. The number of aryl methyl sites for hydroxylation is 1. The average Bonchev–Trinajstić information content (AvgIpc) is 3.38. The van der Waals surface area contributed by atoms with Crippen LogP contribution in [0, 0.1) is 12.8 Å². The lowest BCUT2D eigenvalue weighted by atomic mass is 9.90. The first-order chi connectivity index (χ1) is 20.0. The van der Waals surface area contributed by atoms with Crippen LogP contribution in [0.1, 0.15) is 60.8 Å². The molecule has 0 saturated carbocycles. The number of benzene rings is 2. The summed E-state index contributed by atoms with van der Waals surface area (Å²) in [6.07, 6.45) is 4.27. The third-order valence-electron chi connectivity index (χ3n) is 7.64. The highest BCUT2D eigenvalue weighted by Gasteiger charge is 2.25. The van der Waals surface area contributed by atoms with E-state index in [1.807, 2.05) is 60.4 Å². The number of hydrogen-bond donors (Lipinski definition) is 3. The summed E-state index contributed by atoms with van der Waals surface area (Å²) < 4.78 is 1.77. The van der Waals surface area contributed by atoms with E-state index in [0.29, 0.717) is 36.2 Å². The fraction of sp³-hybridized carbons (Fsp3) is 0.333. The number of nitrogen functional groups attached to an aromatic ring is 1. The van der Waals surface area contributed by atoms with Gasteiger partial charge in [0.05, 0.1) is 16.9 Å². The monoisotopic (exact) mass is 565 g/mol. The van der Waals surface area contributed by atoms with Gasteiger partial charge in [0, 0.05) is 36.5 Å². The van der Waals surface area contributed by atoms with Crippen molar-refractivity contribution in [3.63, 3.8) is 0 Å². The quantitative estimate of drug-likeness (QED) is 0.257. The molecule has 4 N–H and O–H groups in total. The summed E-state index contributed by atoms with van der Waals surface area (Å²) in [4.78, 5) is 31.8. The lowest BCUT2D eigenvalue weighted by Gasteiger charge is -2.32. The molecule has 1 saturated heterocycles. The Morgan fingerprint density at radius 3 is 2.38 bits per heavy atom. The number of urea groups is 1. The van der Waals surface area contributed by atoms with Crippen LogP contribution < -0.4 is 16.4 Å². The van der Waals surface area contributed by atoms with Crippen LogP contribution in [0.15, 0.2) is 72.9 Å². The molecular weight excluding hydrogens is 526 g/mol. The normalized spacial score (nSPS) is 14.0. The molecule has 9 nitrogen and oxygen atoms in total. The number of piperidine rings is 1. The number of aromatic nitrogens is 3. The molecule has 1 aliphatic rings. The van der Waals surface area contributed by atoms with E-state index in [0.717, 1.165) is 47.5 Å². The van der Waals surface area contributed by atoms with E-state index in [1.165, 1.54) is 6.20 Å². The van der Waals surface area contributed by atoms with E-state index in [-0.39, 0.29) is 17.4 Å². The molecule has 0 unspecified atom stereocenters. The molecule has 1 fully saturated rings. The summed E-state index contributed by atoms with van der Waals surface area (Å²) in [5.74, 6) is 1.47. The number of rotatable bonds is 6. The SMILES string of the molecule is Cc1ccc(-n2nc(C(C)(C)C)cc2NC(=O)Nc2cccc(CC3CCN(C(=O)c4ccc(N)nc4)CC3)c2)cc1. The molecule has 5 rings (SSSR count). The topological polar surface area (TPSA) is 118 Å². The second kappa shape index (κ2) is 12.1. The number of hydrogen-bond acceptors (Lipinski definition) is 5. The Morgan fingerprint density at radius 1 is 0.976 bits per heavy atom. The Balaban J connectivity index is 1.20. The van der Waals surface area contributed by atoms with Gasteiger partial charge in [0.2, 0.25) is 0 Å². The number of pyridine rings is 1. The molecule has 0 atom stereocenters. The molecule has 9 heteroatoms. The zero-order valence-electron chi connectivity index (χ0n) is 24.7. The van der Waals surface area contributed by atoms with E-state index in [4.69, 9.17) is 10.8 Å². The summed E-state index contributed by atoms with van der Waals surface area (Å²) in [7, 11) is 0. The van der Waals surface area contributed by atoms with Crippen molar-refractivity contribution >= 4 is 29.3 Å². The third-order valence-corrected chi connectivity index (χ3v) is 7.64. The van der Waals surface area contributed by atoms with Crippen molar-refractivity contribution in [1.29, 1.82) is 0 Å². The number of nitrogens with two attached hydrogens (primary N) is 1. The van der Waals surface area contributed by atoms with E-state index in [1.54, 1.807) is 16.8 Å². The minimum absolute atomic E-state index is 0.00324. The van der Waals surface area contributed by atoms with Gasteiger partial charge in [-0.3, -0.25) is 10.1 Å². The highest BCUT2D eigenvalue weighted by Crippen LogP contribution is 2.27. The Bertz CT molecular complexity index is 1540. The highest BCUT2D eigenvalue weighted by atomic mass is 16.2. The molecule has 0 bridgehead atoms. The minimum Gasteiger partial charge on any atom is -0.384 e. The van der Waals surface area contributed by atoms with E-state index in [9.17, 15) is 9.59 Å². The second-order valence-electron chi connectivity index (χ2n) is 12.1. The fourth-order valence-electron chi connectivity index (χ4n) is 5.16. The van der Waals surface area contributed by atoms with Gasteiger partial charge in [0.25, 0.3) is 5.91 Å². The number of anilines is 3. The van der Waals surface area contributed by atoms with Crippen LogP contribution >= 0.6 is 0 Å². The predicted octanol–water partition coefficient (Wildman–Crippen LogP) is 6.19. The molecule has 0 spiro atoms. The Hall–Kier alpha value is -4.66. The maximum Gasteiger partial charge on any atom is 0.324 e. The summed E-state index contributed by atoms with van der Waals surface area (Å²) >= 11 is 0. The van der Waals surface area contributed by atoms with Crippen molar-refractivity contribution in [2.75, 3.05) is 29.5 Å². The molecule has 3 amide bonds. The smallest absolute Gasteiger partial charge is 0.324 e. The van der Waals surface area contributed by atoms with Crippen LogP contribution in [-0.2, 0) is 11.8 Å². The summed E-state index contributed by atoms with van der Waals surface area (Å²) in [5.41, 5.74) is 10.8. The number of carbonyl (C=O) groups excluding carboxylic acids is 2. The van der Waals surface area contributed by atoms with Crippen LogP contribution in [-0.4, -0.2) is 44.7 Å². The van der Waals surface area contributed by atoms with Gasteiger partial charge < -0.3 is 16.0 Å². The highest BCUT2D eigenvalue weighted by molar-refractivity contribution is 5.99. The Morgan fingerprint density at radius 2 is 1.71 bits per heavy atom. The van der Waals surface area contributed by atoms with Gasteiger partial charge in [0.15, 0.2) is 0 Å². The van der Waals surface area contributed by atoms with Crippen LogP contribution in [0.3, 0.4) is 0 Å². The number of nitrogens with zero attached hydrogens (tertiary/aromatic N) is 4. The Labute approximate surface area is 247 Å².